The highest BCUT2D eigenvalue weighted by atomic mass is 16.5. The van der Waals surface area contributed by atoms with Crippen molar-refractivity contribution in [1.82, 2.24) is 10.2 Å². The van der Waals surface area contributed by atoms with Gasteiger partial charge in [0.2, 0.25) is 0 Å². The highest BCUT2D eigenvalue weighted by Crippen LogP contribution is 2.26. The van der Waals surface area contributed by atoms with Gasteiger partial charge in [-0.1, -0.05) is 78.9 Å². The van der Waals surface area contributed by atoms with Crippen molar-refractivity contribution >= 4 is 12.8 Å². The first-order valence-electron chi connectivity index (χ1n) is 12.7. The number of carboxylic acid groups (broad SMARTS) is 1. The summed E-state index contributed by atoms with van der Waals surface area (Å²) in [5.74, 6) is 0.857. The molecule has 0 radical (unpaired) electrons. The van der Waals surface area contributed by atoms with Gasteiger partial charge in [-0.25, -0.2) is 0 Å². The number of hydrogen-bond acceptors (Lipinski definition) is 5. The van der Waals surface area contributed by atoms with E-state index in [1.807, 2.05) is 24.3 Å². The van der Waals surface area contributed by atoms with Crippen LogP contribution in [0.2, 0.25) is 0 Å². The van der Waals surface area contributed by atoms with Crippen LogP contribution in [0, 0.1) is 0 Å². The van der Waals surface area contributed by atoms with Crippen LogP contribution in [0.4, 0.5) is 0 Å². The van der Waals surface area contributed by atoms with Gasteiger partial charge >= 0.3 is 0 Å². The molecule has 0 spiro atoms. The standard InChI is InChI=1S/C31H38N2O2.CH2O2/c1-31(2,33(3)23-26-15-18-29(35-4)19-16-26)21-27(24-34)17-20-30(28-13-9-6-10-14-28)32-22-25-11-7-5-8-12-25;2-1-3/h5-19,24,30,32H,20-23H2,1-4H3;1H,(H,2,3)/b27-17+;. The smallest absolute Gasteiger partial charge is 0.290 e. The van der Waals surface area contributed by atoms with E-state index in [1.165, 1.54) is 16.7 Å². The van der Waals surface area contributed by atoms with Crippen LogP contribution in [-0.2, 0) is 22.7 Å². The molecule has 6 nitrogen and oxygen atoms in total. The predicted octanol–water partition coefficient (Wildman–Crippen LogP) is 6.04. The Morgan fingerprint density at radius 1 is 0.947 bits per heavy atom. The van der Waals surface area contributed by atoms with Crippen LogP contribution in [-0.4, -0.2) is 42.5 Å². The number of carbonyl (C=O) groups excluding carboxylic acids is 1. The normalized spacial score (nSPS) is 12.3. The number of ether oxygens (including phenoxy) is 1. The van der Waals surface area contributed by atoms with Crippen molar-refractivity contribution < 1.29 is 19.4 Å². The summed E-state index contributed by atoms with van der Waals surface area (Å²) in [4.78, 5) is 22.7. The van der Waals surface area contributed by atoms with E-state index in [0.717, 1.165) is 37.1 Å². The van der Waals surface area contributed by atoms with Crippen molar-refractivity contribution in [3.05, 3.63) is 113 Å². The fourth-order valence-corrected chi connectivity index (χ4v) is 4.14. The lowest BCUT2D eigenvalue weighted by atomic mass is 9.91. The van der Waals surface area contributed by atoms with Gasteiger partial charge in [0.05, 0.1) is 7.11 Å². The Bertz CT molecular complexity index is 1110. The molecule has 3 rings (SSSR count). The number of hydrogen-bond donors (Lipinski definition) is 2. The van der Waals surface area contributed by atoms with Gasteiger partial charge in [0.15, 0.2) is 0 Å². The molecule has 3 aromatic carbocycles. The van der Waals surface area contributed by atoms with Crippen molar-refractivity contribution in [3.8, 4) is 5.75 Å². The van der Waals surface area contributed by atoms with Gasteiger partial charge in [-0.15, -0.1) is 0 Å². The van der Waals surface area contributed by atoms with E-state index in [2.05, 4.69) is 97.9 Å². The van der Waals surface area contributed by atoms with E-state index in [4.69, 9.17) is 14.6 Å². The minimum absolute atomic E-state index is 0.131. The van der Waals surface area contributed by atoms with Crippen LogP contribution in [0.25, 0.3) is 0 Å². The molecular weight excluding hydrogens is 476 g/mol. The molecule has 0 heterocycles. The molecule has 1 atom stereocenters. The zero-order chi connectivity index (χ0) is 27.8. The second-order valence-corrected chi connectivity index (χ2v) is 9.76. The number of rotatable bonds is 13. The first-order chi connectivity index (χ1) is 18.3. The third-order valence-corrected chi connectivity index (χ3v) is 6.61. The Morgan fingerprint density at radius 2 is 1.53 bits per heavy atom. The quantitative estimate of drug-likeness (QED) is 0.213. The molecule has 202 valence electrons. The summed E-state index contributed by atoms with van der Waals surface area (Å²) >= 11 is 0. The summed E-state index contributed by atoms with van der Waals surface area (Å²) in [5.41, 5.74) is 4.34. The van der Waals surface area contributed by atoms with Gasteiger partial charge < -0.3 is 15.2 Å². The van der Waals surface area contributed by atoms with E-state index in [1.54, 1.807) is 7.11 Å². The summed E-state index contributed by atoms with van der Waals surface area (Å²) in [6.45, 7) is 5.71. The van der Waals surface area contributed by atoms with Crippen LogP contribution in [0.5, 0.6) is 5.75 Å². The maximum absolute atomic E-state index is 12.0. The molecule has 0 bridgehead atoms. The summed E-state index contributed by atoms with van der Waals surface area (Å²) in [6.07, 6.45) is 4.56. The third-order valence-electron chi connectivity index (χ3n) is 6.61. The van der Waals surface area contributed by atoms with Gasteiger partial charge in [-0.05, 0) is 68.1 Å². The molecule has 0 aliphatic carbocycles. The highest BCUT2D eigenvalue weighted by Gasteiger charge is 2.25. The Hall–Kier alpha value is -3.74. The third kappa shape index (κ3) is 10.3. The molecule has 0 aromatic heterocycles. The minimum atomic E-state index is -0.250. The molecule has 0 fully saturated rings. The second-order valence-electron chi connectivity index (χ2n) is 9.76. The van der Waals surface area contributed by atoms with Crippen LogP contribution in [0.3, 0.4) is 0 Å². The first kappa shape index (κ1) is 30.5. The fourth-order valence-electron chi connectivity index (χ4n) is 4.14. The number of benzene rings is 3. The van der Waals surface area contributed by atoms with E-state index < -0.39 is 0 Å². The van der Waals surface area contributed by atoms with Crippen LogP contribution in [0.15, 0.2) is 96.6 Å². The zero-order valence-electron chi connectivity index (χ0n) is 22.8. The van der Waals surface area contributed by atoms with E-state index >= 15 is 0 Å². The monoisotopic (exact) mass is 516 g/mol. The van der Waals surface area contributed by atoms with Crippen molar-refractivity contribution in [1.29, 1.82) is 0 Å². The molecule has 1 unspecified atom stereocenters. The lowest BCUT2D eigenvalue weighted by Crippen LogP contribution is -2.41. The SMILES string of the molecule is COc1ccc(CN(C)C(C)(C)C/C(C=O)=C\CC(NCc2ccccc2)c2ccccc2)cc1.O=CO. The maximum Gasteiger partial charge on any atom is 0.290 e. The predicted molar refractivity (Wildman–Crippen MR) is 153 cm³/mol. The minimum Gasteiger partial charge on any atom is -0.497 e. The highest BCUT2D eigenvalue weighted by molar-refractivity contribution is 5.73. The van der Waals surface area contributed by atoms with Gasteiger partial charge in [0.25, 0.3) is 6.47 Å². The largest absolute Gasteiger partial charge is 0.497 e. The van der Waals surface area contributed by atoms with Gasteiger partial charge in [0, 0.05) is 24.7 Å². The molecule has 0 amide bonds. The Kier molecular flexibility index (Phi) is 13.0. The Labute approximate surface area is 227 Å². The van der Waals surface area contributed by atoms with E-state index in [0.29, 0.717) is 6.42 Å². The molecule has 3 aromatic rings. The zero-order valence-corrected chi connectivity index (χ0v) is 22.8. The molecule has 0 aliphatic heterocycles. The number of nitrogens with one attached hydrogen (secondary N) is 1. The average Bonchev–Trinajstić information content (AvgIpc) is 2.94. The molecule has 0 aliphatic rings. The van der Waals surface area contributed by atoms with Crippen molar-refractivity contribution in [2.75, 3.05) is 14.2 Å². The molecule has 0 saturated carbocycles. The molecule has 2 N–H and O–H groups in total. The summed E-state index contributed by atoms with van der Waals surface area (Å²) in [7, 11) is 3.79. The Morgan fingerprint density at radius 3 is 2.08 bits per heavy atom. The second kappa shape index (κ2) is 16.2. The van der Waals surface area contributed by atoms with Gasteiger partial charge in [-0.2, -0.15) is 0 Å². The first-order valence-corrected chi connectivity index (χ1v) is 12.7. The van der Waals surface area contributed by atoms with E-state index in [9.17, 15) is 4.79 Å². The number of carbonyl (C=O) groups is 2. The summed E-state index contributed by atoms with van der Waals surface area (Å²) < 4.78 is 5.26. The number of aldehydes is 1. The fraction of sp³-hybridized carbons (Fsp3) is 0.312. The van der Waals surface area contributed by atoms with Crippen molar-refractivity contribution in [3.63, 3.8) is 0 Å². The lowest BCUT2D eigenvalue weighted by Gasteiger charge is -2.36. The Balaban J connectivity index is 0.00000161. The number of nitrogens with zero attached hydrogens (tertiary/aromatic N) is 1. The maximum atomic E-state index is 12.0. The lowest BCUT2D eigenvalue weighted by molar-refractivity contribution is -0.122. The average molecular weight is 517 g/mol. The topological polar surface area (TPSA) is 78.9 Å². The van der Waals surface area contributed by atoms with Gasteiger partial charge in [0.1, 0.15) is 12.0 Å². The summed E-state index contributed by atoms with van der Waals surface area (Å²) in [6, 6.07) is 29.1. The van der Waals surface area contributed by atoms with Crippen LogP contribution >= 0.6 is 0 Å². The van der Waals surface area contributed by atoms with Crippen LogP contribution in [0.1, 0.15) is 49.4 Å². The molecule has 6 heteroatoms. The molecule has 0 saturated heterocycles. The summed E-state index contributed by atoms with van der Waals surface area (Å²) in [5, 5.41) is 10.6. The van der Waals surface area contributed by atoms with Gasteiger partial charge in [-0.3, -0.25) is 14.5 Å². The molecular formula is C32H40N2O4. The number of methoxy groups -OCH3 is 1. The van der Waals surface area contributed by atoms with Crippen molar-refractivity contribution in [2.45, 2.75) is 51.4 Å². The van der Waals surface area contributed by atoms with Crippen LogP contribution < -0.4 is 10.1 Å². The van der Waals surface area contributed by atoms with E-state index in [-0.39, 0.29) is 18.1 Å². The van der Waals surface area contributed by atoms with Crippen molar-refractivity contribution in [2.24, 2.45) is 0 Å². The molecule has 38 heavy (non-hydrogen) atoms.